The van der Waals surface area contributed by atoms with Crippen molar-refractivity contribution in [1.29, 1.82) is 0 Å². The van der Waals surface area contributed by atoms with Crippen LogP contribution in [0.3, 0.4) is 0 Å². The Morgan fingerprint density at radius 3 is 2.14 bits per heavy atom. The average Bonchev–Trinajstić information content (AvgIpc) is 3.15. The van der Waals surface area contributed by atoms with E-state index in [1.807, 2.05) is 0 Å². The Balaban J connectivity index is 0.000000279. The van der Waals surface area contributed by atoms with Crippen molar-refractivity contribution in [2.75, 3.05) is 0 Å². The summed E-state index contributed by atoms with van der Waals surface area (Å²) >= 11 is 0. The van der Waals surface area contributed by atoms with Crippen molar-refractivity contribution in [2.24, 2.45) is 5.73 Å². The second kappa shape index (κ2) is 7.38. The molecule has 1 aromatic rings. The van der Waals surface area contributed by atoms with Crippen LogP contribution in [0.4, 0.5) is 0 Å². The maximum absolute atomic E-state index is 11.2. The van der Waals surface area contributed by atoms with E-state index >= 15 is 0 Å². The first-order chi connectivity index (χ1) is 10.1. The zero-order valence-electron chi connectivity index (χ0n) is 13.1. The van der Waals surface area contributed by atoms with Crippen LogP contribution in [0.2, 0.25) is 0 Å². The predicted octanol–water partition coefficient (Wildman–Crippen LogP) is 1.08. The summed E-state index contributed by atoms with van der Waals surface area (Å²) in [6, 6.07) is 7.06. The van der Waals surface area contributed by atoms with Crippen LogP contribution in [0.1, 0.15) is 38.3 Å². The van der Waals surface area contributed by atoms with Gasteiger partial charge in [0.25, 0.3) is 0 Å². The molecule has 0 radical (unpaired) electrons. The average molecular weight is 309 g/mol. The van der Waals surface area contributed by atoms with E-state index < -0.39 is 36.1 Å². The van der Waals surface area contributed by atoms with Crippen molar-refractivity contribution in [3.63, 3.8) is 0 Å². The van der Waals surface area contributed by atoms with Crippen molar-refractivity contribution in [1.82, 2.24) is 0 Å². The van der Waals surface area contributed by atoms with Gasteiger partial charge >= 0.3 is 11.9 Å². The standard InChI is InChI=1S/C9H17NO5.C7H6/c1-9(2,3)15-6(12)4-5(11)7(10)8(13)14;1-2-4-7-5-6(7)3-1/h5,7,11H,4,10H2,1-3H3,(H,13,14);1-4H,5H2/t5-,7+;/m1./s1. The molecule has 6 heteroatoms. The van der Waals surface area contributed by atoms with Crippen molar-refractivity contribution >= 4 is 11.9 Å². The second-order valence-corrected chi connectivity index (χ2v) is 6.17. The number of hydrogen-bond acceptors (Lipinski definition) is 5. The molecule has 1 aliphatic carbocycles. The third-order valence-electron chi connectivity index (χ3n) is 2.87. The highest BCUT2D eigenvalue weighted by molar-refractivity contribution is 5.76. The van der Waals surface area contributed by atoms with Crippen LogP contribution in [0.5, 0.6) is 0 Å². The first kappa shape index (κ1) is 18.1. The molecule has 0 spiro atoms. The molecule has 22 heavy (non-hydrogen) atoms. The highest BCUT2D eigenvalue weighted by Gasteiger charge is 2.26. The summed E-state index contributed by atoms with van der Waals surface area (Å²) in [6.45, 7) is 5.03. The van der Waals surface area contributed by atoms with Crippen molar-refractivity contribution in [2.45, 2.75) is 51.4 Å². The van der Waals surface area contributed by atoms with E-state index in [2.05, 4.69) is 24.3 Å². The topological polar surface area (TPSA) is 110 Å². The maximum atomic E-state index is 11.2. The number of benzene rings is 1. The van der Waals surface area contributed by atoms with Gasteiger partial charge in [-0.25, -0.2) is 0 Å². The third-order valence-corrected chi connectivity index (χ3v) is 2.87. The summed E-state index contributed by atoms with van der Waals surface area (Å²) in [6.07, 6.45) is -0.616. The first-order valence-electron chi connectivity index (χ1n) is 7.05. The summed E-state index contributed by atoms with van der Waals surface area (Å²) in [5, 5.41) is 17.7. The van der Waals surface area contributed by atoms with E-state index in [1.165, 1.54) is 17.5 Å². The molecule has 4 N–H and O–H groups in total. The minimum absolute atomic E-state index is 0.426. The molecule has 0 bridgehead atoms. The Labute approximate surface area is 129 Å². The fourth-order valence-electron chi connectivity index (χ4n) is 1.68. The molecule has 0 heterocycles. The molecule has 0 saturated heterocycles. The molecule has 0 unspecified atom stereocenters. The molecule has 0 saturated carbocycles. The highest BCUT2D eigenvalue weighted by Crippen LogP contribution is 2.25. The number of aliphatic carboxylic acids is 1. The van der Waals surface area contributed by atoms with Crippen LogP contribution >= 0.6 is 0 Å². The van der Waals surface area contributed by atoms with E-state index in [0.29, 0.717) is 0 Å². The van der Waals surface area contributed by atoms with Crippen molar-refractivity contribution in [3.8, 4) is 0 Å². The maximum Gasteiger partial charge on any atom is 0.323 e. The minimum Gasteiger partial charge on any atom is -0.480 e. The van der Waals surface area contributed by atoms with Crippen LogP contribution in [-0.2, 0) is 20.7 Å². The van der Waals surface area contributed by atoms with E-state index in [9.17, 15) is 14.7 Å². The fourth-order valence-corrected chi connectivity index (χ4v) is 1.68. The molecule has 1 aliphatic rings. The molecule has 2 rings (SSSR count). The molecule has 0 amide bonds. The molecule has 2 atom stereocenters. The SMILES string of the molecule is CC(C)(C)OC(=O)C[C@@H](O)[C@H](N)C(=O)O.c1ccc2c(c1)C2. The van der Waals surface area contributed by atoms with Gasteiger partial charge in [-0.1, -0.05) is 24.3 Å². The van der Waals surface area contributed by atoms with E-state index in [4.69, 9.17) is 15.6 Å². The largest absolute Gasteiger partial charge is 0.480 e. The van der Waals surface area contributed by atoms with Crippen LogP contribution in [0.25, 0.3) is 0 Å². The minimum atomic E-state index is -1.47. The number of aliphatic hydroxyl groups is 1. The van der Waals surface area contributed by atoms with Crippen LogP contribution in [0, 0.1) is 0 Å². The number of rotatable bonds is 4. The Kier molecular flexibility index (Phi) is 6.08. The Morgan fingerprint density at radius 2 is 1.77 bits per heavy atom. The van der Waals surface area contributed by atoms with Gasteiger partial charge in [-0.05, 0) is 38.3 Å². The quantitative estimate of drug-likeness (QED) is 0.729. The number of carboxylic acids is 1. The van der Waals surface area contributed by atoms with E-state index in [1.54, 1.807) is 20.8 Å². The monoisotopic (exact) mass is 309 g/mol. The van der Waals surface area contributed by atoms with Crippen molar-refractivity contribution < 1.29 is 24.5 Å². The molecule has 0 aromatic heterocycles. The molecular weight excluding hydrogens is 286 g/mol. The third kappa shape index (κ3) is 6.69. The summed E-state index contributed by atoms with van der Waals surface area (Å²) < 4.78 is 4.89. The van der Waals surface area contributed by atoms with Gasteiger partial charge in [0, 0.05) is 0 Å². The molecule has 0 aliphatic heterocycles. The number of fused-ring (bicyclic) bond motifs is 1. The van der Waals surface area contributed by atoms with Gasteiger partial charge in [-0.2, -0.15) is 0 Å². The second-order valence-electron chi connectivity index (χ2n) is 6.17. The lowest BCUT2D eigenvalue weighted by atomic mass is 10.1. The number of aliphatic hydroxyl groups excluding tert-OH is 1. The molecule has 6 nitrogen and oxygen atoms in total. The summed E-state index contributed by atoms with van der Waals surface area (Å²) in [4.78, 5) is 21.5. The highest BCUT2D eigenvalue weighted by atomic mass is 16.6. The van der Waals surface area contributed by atoms with Gasteiger partial charge in [0.2, 0.25) is 0 Å². The summed E-state index contributed by atoms with van der Waals surface area (Å²) in [7, 11) is 0. The molecule has 1 aromatic carbocycles. The van der Waals surface area contributed by atoms with Gasteiger partial charge in [0.05, 0.1) is 12.5 Å². The smallest absolute Gasteiger partial charge is 0.323 e. The van der Waals surface area contributed by atoms with E-state index in [0.717, 1.165) is 0 Å². The van der Waals surface area contributed by atoms with Gasteiger partial charge in [-0.15, -0.1) is 0 Å². The molecular formula is C16H23NO5. The summed E-state index contributed by atoms with van der Waals surface area (Å²) in [5.74, 6) is -2.03. The number of hydrogen-bond donors (Lipinski definition) is 3. The van der Waals surface area contributed by atoms with Crippen LogP contribution < -0.4 is 5.73 Å². The van der Waals surface area contributed by atoms with Crippen molar-refractivity contribution in [3.05, 3.63) is 35.4 Å². The Bertz CT molecular complexity index is 515. The molecule has 122 valence electrons. The van der Waals surface area contributed by atoms with E-state index in [-0.39, 0.29) is 0 Å². The lowest BCUT2D eigenvalue weighted by Gasteiger charge is -2.21. The number of carboxylic acid groups (broad SMARTS) is 1. The Hall–Kier alpha value is -1.92. The fraction of sp³-hybridized carbons (Fsp3) is 0.500. The predicted molar refractivity (Wildman–Crippen MR) is 81.3 cm³/mol. The number of esters is 1. The first-order valence-corrected chi connectivity index (χ1v) is 7.05. The number of carbonyl (C=O) groups excluding carboxylic acids is 1. The van der Waals surface area contributed by atoms with Crippen LogP contribution in [-0.4, -0.2) is 39.9 Å². The van der Waals surface area contributed by atoms with Gasteiger partial charge in [0.1, 0.15) is 11.6 Å². The lowest BCUT2D eigenvalue weighted by molar-refractivity contribution is -0.158. The normalized spacial score (nSPS) is 14.8. The summed E-state index contributed by atoms with van der Waals surface area (Å²) in [5.41, 5.74) is 7.51. The van der Waals surface area contributed by atoms with Gasteiger partial charge in [-0.3, -0.25) is 9.59 Å². The van der Waals surface area contributed by atoms with Gasteiger partial charge in [0.15, 0.2) is 0 Å². The number of carbonyl (C=O) groups is 2. The number of ether oxygens (including phenoxy) is 1. The Morgan fingerprint density at radius 1 is 1.27 bits per heavy atom. The molecule has 0 fully saturated rings. The van der Waals surface area contributed by atoms with Crippen LogP contribution in [0.15, 0.2) is 24.3 Å². The lowest BCUT2D eigenvalue weighted by Crippen LogP contribution is -2.43. The zero-order chi connectivity index (χ0) is 16.9. The zero-order valence-corrected chi connectivity index (χ0v) is 13.1. The van der Waals surface area contributed by atoms with Gasteiger partial charge < -0.3 is 20.7 Å². The number of nitrogens with two attached hydrogens (primary N) is 1.